The van der Waals surface area contributed by atoms with Crippen molar-refractivity contribution in [1.82, 2.24) is 0 Å². The van der Waals surface area contributed by atoms with Crippen LogP contribution in [0.1, 0.15) is 105 Å². The van der Waals surface area contributed by atoms with Gasteiger partial charge in [0.2, 0.25) is 0 Å². The quantitative estimate of drug-likeness (QED) is 0.323. The molecule has 0 aliphatic heterocycles. The summed E-state index contributed by atoms with van der Waals surface area (Å²) in [5.74, 6) is 0.441. The third-order valence-electron chi connectivity index (χ3n) is 9.39. The standard InChI is InChI=1S/C31H48O5/c1-20-8-11-25(32)18-22(20)9-10-23-17-24(28(33)14-15-29(34)35)19-31(5)26(12-13-27(23)31)21(2)7-6-16-30(3,4)36/h9-10,21,24-27,32,36H,1,6-8,11-19H2,2-5H3,(H,34,35)/b22-9-,23-10+/t21-,24+,25+,26-,27+,31-/m1/s1. The largest absolute Gasteiger partial charge is 0.481 e. The van der Waals surface area contributed by atoms with Crippen LogP contribution < -0.4 is 0 Å². The van der Waals surface area contributed by atoms with Crippen molar-refractivity contribution in [3.63, 3.8) is 0 Å². The monoisotopic (exact) mass is 500 g/mol. The van der Waals surface area contributed by atoms with Gasteiger partial charge in [-0.15, -0.1) is 0 Å². The predicted molar refractivity (Wildman–Crippen MR) is 143 cm³/mol. The van der Waals surface area contributed by atoms with Gasteiger partial charge in [0.1, 0.15) is 5.78 Å². The number of hydrogen-bond acceptors (Lipinski definition) is 4. The topological polar surface area (TPSA) is 94.8 Å². The molecule has 0 aromatic rings. The predicted octanol–water partition coefficient (Wildman–Crippen LogP) is 6.39. The minimum Gasteiger partial charge on any atom is -0.481 e. The van der Waals surface area contributed by atoms with Crippen LogP contribution in [0, 0.1) is 29.1 Å². The lowest BCUT2D eigenvalue weighted by Crippen LogP contribution is -2.41. The summed E-state index contributed by atoms with van der Waals surface area (Å²) in [6.45, 7) is 12.6. The number of rotatable bonds is 10. The highest BCUT2D eigenvalue weighted by Crippen LogP contribution is 2.61. The first-order valence-electron chi connectivity index (χ1n) is 14.0. The number of carbonyl (C=O) groups is 2. The molecule has 0 aromatic heterocycles. The molecule has 3 saturated carbocycles. The van der Waals surface area contributed by atoms with E-state index >= 15 is 0 Å². The van der Waals surface area contributed by atoms with Gasteiger partial charge in [0, 0.05) is 12.3 Å². The summed E-state index contributed by atoms with van der Waals surface area (Å²) in [7, 11) is 0. The van der Waals surface area contributed by atoms with Crippen molar-refractivity contribution in [3.8, 4) is 0 Å². The lowest BCUT2D eigenvalue weighted by Gasteiger charge is -2.47. The molecule has 0 amide bonds. The van der Waals surface area contributed by atoms with Gasteiger partial charge in [-0.05, 0) is 94.0 Å². The third kappa shape index (κ3) is 7.19. The first-order valence-corrected chi connectivity index (χ1v) is 14.0. The fourth-order valence-electron chi connectivity index (χ4n) is 7.43. The Morgan fingerprint density at radius 3 is 2.56 bits per heavy atom. The number of carbonyl (C=O) groups excluding carboxylic acids is 1. The number of aliphatic carboxylic acids is 1. The second-order valence-corrected chi connectivity index (χ2v) is 12.8. The van der Waals surface area contributed by atoms with Crippen LogP contribution in [0.4, 0.5) is 0 Å². The molecule has 0 unspecified atom stereocenters. The highest BCUT2D eigenvalue weighted by atomic mass is 16.4. The molecule has 0 spiro atoms. The summed E-state index contributed by atoms with van der Waals surface area (Å²) < 4.78 is 0. The molecule has 0 heterocycles. The van der Waals surface area contributed by atoms with Crippen LogP contribution in [-0.4, -0.2) is 38.8 Å². The van der Waals surface area contributed by atoms with E-state index in [4.69, 9.17) is 5.11 Å². The van der Waals surface area contributed by atoms with Crippen LogP contribution in [0.15, 0.2) is 35.5 Å². The van der Waals surface area contributed by atoms with Gasteiger partial charge < -0.3 is 15.3 Å². The molecule has 3 fully saturated rings. The zero-order chi connectivity index (χ0) is 26.7. The second-order valence-electron chi connectivity index (χ2n) is 12.8. The summed E-state index contributed by atoms with van der Waals surface area (Å²) in [6, 6.07) is 0. The molecular formula is C31H48O5. The molecule has 202 valence electrons. The fourth-order valence-corrected chi connectivity index (χ4v) is 7.43. The molecular weight excluding hydrogens is 452 g/mol. The van der Waals surface area contributed by atoms with Crippen molar-refractivity contribution < 1.29 is 24.9 Å². The van der Waals surface area contributed by atoms with Gasteiger partial charge >= 0.3 is 5.97 Å². The number of Topliss-reactive ketones (excluding diaryl/α,β-unsaturated/α-hetero) is 1. The zero-order valence-corrected chi connectivity index (χ0v) is 22.9. The Balaban J connectivity index is 1.85. The maximum atomic E-state index is 13.2. The van der Waals surface area contributed by atoms with Crippen molar-refractivity contribution in [3.05, 3.63) is 35.5 Å². The van der Waals surface area contributed by atoms with Crippen molar-refractivity contribution in [2.45, 2.75) is 116 Å². The van der Waals surface area contributed by atoms with E-state index in [0.29, 0.717) is 30.6 Å². The minimum absolute atomic E-state index is 0.00335. The number of carboxylic acid groups (broad SMARTS) is 1. The van der Waals surface area contributed by atoms with E-state index in [1.165, 1.54) is 5.57 Å². The van der Waals surface area contributed by atoms with Crippen LogP contribution in [0.25, 0.3) is 0 Å². The lowest BCUT2D eigenvalue weighted by molar-refractivity contribution is -0.139. The Bertz CT molecular complexity index is 891. The maximum Gasteiger partial charge on any atom is 0.303 e. The SMILES string of the molecule is C=C1CC[C@H](O)C/C1=C/C=C1\C[C@H](C(=O)CCC(=O)O)C[C@]2(C)[C@@H]([C@H](C)CCCC(C)(C)O)CC[C@@H]12. The van der Waals surface area contributed by atoms with E-state index < -0.39 is 11.6 Å². The zero-order valence-electron chi connectivity index (χ0n) is 22.9. The van der Waals surface area contributed by atoms with Gasteiger partial charge in [-0.25, -0.2) is 0 Å². The molecule has 3 aliphatic carbocycles. The van der Waals surface area contributed by atoms with E-state index in [-0.39, 0.29) is 36.1 Å². The molecule has 3 rings (SSSR count). The van der Waals surface area contributed by atoms with Gasteiger partial charge in [-0.3, -0.25) is 9.59 Å². The molecule has 0 bridgehead atoms. The number of fused-ring (bicyclic) bond motifs is 1. The maximum absolute atomic E-state index is 13.2. The summed E-state index contributed by atoms with van der Waals surface area (Å²) in [4.78, 5) is 24.3. The molecule has 36 heavy (non-hydrogen) atoms. The third-order valence-corrected chi connectivity index (χ3v) is 9.39. The molecule has 5 nitrogen and oxygen atoms in total. The van der Waals surface area contributed by atoms with Crippen molar-refractivity contribution in [2.75, 3.05) is 0 Å². The highest BCUT2D eigenvalue weighted by molar-refractivity contribution is 5.84. The summed E-state index contributed by atoms with van der Waals surface area (Å²) in [5, 5.41) is 29.4. The molecule has 0 aromatic carbocycles. The molecule has 5 heteroatoms. The van der Waals surface area contributed by atoms with Crippen molar-refractivity contribution in [1.29, 1.82) is 0 Å². The van der Waals surface area contributed by atoms with Crippen LogP contribution >= 0.6 is 0 Å². The fraction of sp³-hybridized carbons (Fsp3) is 0.742. The Morgan fingerprint density at radius 2 is 1.89 bits per heavy atom. The number of aliphatic hydroxyl groups excluding tert-OH is 1. The molecule has 0 radical (unpaired) electrons. The Hall–Kier alpha value is -1.72. The van der Waals surface area contributed by atoms with Gasteiger partial charge in [-0.1, -0.05) is 56.6 Å². The Morgan fingerprint density at radius 1 is 1.17 bits per heavy atom. The summed E-state index contributed by atoms with van der Waals surface area (Å²) >= 11 is 0. The number of ketones is 1. The van der Waals surface area contributed by atoms with Crippen molar-refractivity contribution >= 4 is 11.8 Å². The second kappa shape index (κ2) is 11.8. The van der Waals surface area contributed by atoms with Crippen molar-refractivity contribution in [2.24, 2.45) is 29.1 Å². The van der Waals surface area contributed by atoms with E-state index in [0.717, 1.165) is 62.5 Å². The highest BCUT2D eigenvalue weighted by Gasteiger charge is 2.53. The van der Waals surface area contributed by atoms with Gasteiger partial charge in [0.05, 0.1) is 18.1 Å². The summed E-state index contributed by atoms with van der Waals surface area (Å²) in [6.07, 6.45) is 12.9. The smallest absolute Gasteiger partial charge is 0.303 e. The first-order chi connectivity index (χ1) is 16.8. The Labute approximate surface area is 217 Å². The molecule has 3 N–H and O–H groups in total. The van der Waals surface area contributed by atoms with E-state index in [1.54, 1.807) is 0 Å². The average molecular weight is 501 g/mol. The number of allylic oxidation sites excluding steroid dienone is 4. The van der Waals surface area contributed by atoms with Crippen LogP contribution in [0.2, 0.25) is 0 Å². The normalized spacial score (nSPS) is 34.1. The molecule has 6 atom stereocenters. The van der Waals surface area contributed by atoms with Gasteiger partial charge in [0.25, 0.3) is 0 Å². The number of aliphatic hydroxyl groups is 2. The minimum atomic E-state index is -0.919. The number of hydrogen-bond donors (Lipinski definition) is 3. The summed E-state index contributed by atoms with van der Waals surface area (Å²) in [5.41, 5.74) is 2.87. The number of carboxylic acids is 1. The average Bonchev–Trinajstić information content (AvgIpc) is 3.13. The first kappa shape index (κ1) is 28.8. The van der Waals surface area contributed by atoms with Gasteiger partial charge in [0.15, 0.2) is 0 Å². The van der Waals surface area contributed by atoms with E-state index in [1.807, 2.05) is 13.8 Å². The van der Waals surface area contributed by atoms with Gasteiger partial charge in [-0.2, -0.15) is 0 Å². The molecule has 0 saturated heterocycles. The lowest BCUT2D eigenvalue weighted by atomic mass is 9.57. The van der Waals surface area contributed by atoms with Crippen LogP contribution in [-0.2, 0) is 9.59 Å². The van der Waals surface area contributed by atoms with Crippen LogP contribution in [0.5, 0.6) is 0 Å². The van der Waals surface area contributed by atoms with Crippen LogP contribution in [0.3, 0.4) is 0 Å². The Kier molecular flexibility index (Phi) is 9.43. The van der Waals surface area contributed by atoms with E-state index in [2.05, 4.69) is 32.6 Å². The molecule has 3 aliphatic rings. The van der Waals surface area contributed by atoms with E-state index in [9.17, 15) is 19.8 Å².